The van der Waals surface area contributed by atoms with Crippen LogP contribution >= 0.6 is 0 Å². The predicted octanol–water partition coefficient (Wildman–Crippen LogP) is 16.1. The van der Waals surface area contributed by atoms with E-state index < -0.39 is 25.3 Å². The Morgan fingerprint density at radius 2 is 0.754 bits per heavy atom. The van der Waals surface area contributed by atoms with Gasteiger partial charge in [0, 0.05) is 49.1 Å². The van der Waals surface area contributed by atoms with E-state index in [0.717, 1.165) is 61.2 Å². The highest BCUT2D eigenvalue weighted by atomic mass is 19.1. The molecule has 0 fully saturated rings. The summed E-state index contributed by atoms with van der Waals surface area (Å²) in [4.78, 5) is 14.2. The first kappa shape index (κ1) is 37.8. The van der Waals surface area contributed by atoms with Crippen LogP contribution in [0.15, 0.2) is 207 Å². The van der Waals surface area contributed by atoms with Crippen molar-refractivity contribution in [3.05, 3.63) is 257 Å². The number of halogens is 3. The zero-order valence-electron chi connectivity index (χ0n) is 43.4. The number of nitrogens with zero attached hydrogens (tertiary/aromatic N) is 3. The van der Waals surface area contributed by atoms with Gasteiger partial charge in [-0.3, -0.25) is 15.0 Å². The molecule has 0 radical (unpaired) electrons. The topological polar surface area (TPSA) is 38.7 Å². The standard InChI is InChI=1S/C63H48F3N3/c1-41-32-61(48-20-26-54(64)27-21-48)67-38-51(41)14-12-43-34-44(13-15-52-39-68-62(33-42(52)2)49-22-28-55(65)29-23-49)36-53(35-43)57-10-6-7-11-58(57)60-40-69-63(50-24-30-56(66)31-25-50)37-59(60)47-18-16-46(17-19-47)45-8-4-3-5-9-45/h3-11,16-40H,12-15H2,1-2H3/i1D3,2D3. The van der Waals surface area contributed by atoms with Gasteiger partial charge < -0.3 is 0 Å². The van der Waals surface area contributed by atoms with Crippen LogP contribution in [0.3, 0.4) is 0 Å². The van der Waals surface area contributed by atoms with E-state index in [0.29, 0.717) is 65.0 Å². The van der Waals surface area contributed by atoms with E-state index >= 15 is 0 Å². The average molecular weight is 910 g/mol. The molecule has 336 valence electrons. The van der Waals surface area contributed by atoms with E-state index in [1.165, 1.54) is 36.4 Å². The second-order valence-electron chi connectivity index (χ2n) is 17.1. The van der Waals surface area contributed by atoms with Crippen molar-refractivity contribution in [3.8, 4) is 78.3 Å². The van der Waals surface area contributed by atoms with Gasteiger partial charge in [-0.05, 0) is 203 Å². The minimum atomic E-state index is -2.46. The molecule has 0 N–H and O–H groups in total. The van der Waals surface area contributed by atoms with Gasteiger partial charge in [-0.2, -0.15) is 0 Å². The Hall–Kier alpha value is -8.22. The molecule has 0 unspecified atom stereocenters. The van der Waals surface area contributed by atoms with Gasteiger partial charge in [-0.1, -0.05) is 97.1 Å². The molecule has 3 aromatic heterocycles. The fourth-order valence-electron chi connectivity index (χ4n) is 8.82. The molecule has 3 nitrogen and oxygen atoms in total. The summed E-state index contributed by atoms with van der Waals surface area (Å²) in [6, 6.07) is 55.9. The van der Waals surface area contributed by atoms with Crippen LogP contribution in [0.25, 0.3) is 78.3 Å². The van der Waals surface area contributed by atoms with Crippen LogP contribution in [-0.2, 0) is 25.7 Å². The van der Waals surface area contributed by atoms with Crippen molar-refractivity contribution in [2.24, 2.45) is 0 Å². The van der Waals surface area contributed by atoms with Crippen LogP contribution in [0.1, 0.15) is 41.6 Å². The highest BCUT2D eigenvalue weighted by molar-refractivity contribution is 5.93. The van der Waals surface area contributed by atoms with E-state index in [1.807, 2.05) is 42.6 Å². The summed E-state index contributed by atoms with van der Waals surface area (Å²) >= 11 is 0. The fourth-order valence-corrected chi connectivity index (χ4v) is 8.82. The van der Waals surface area contributed by atoms with Gasteiger partial charge in [0.05, 0.1) is 17.1 Å². The third-order valence-electron chi connectivity index (χ3n) is 12.5. The molecular weight excluding hydrogens is 856 g/mol. The molecule has 69 heavy (non-hydrogen) atoms. The average Bonchev–Trinajstić information content (AvgIpc) is 3.43. The summed E-state index contributed by atoms with van der Waals surface area (Å²) in [5.74, 6) is -1.16. The van der Waals surface area contributed by atoms with Crippen molar-refractivity contribution in [2.45, 2.75) is 39.4 Å². The Balaban J connectivity index is 1.06. The van der Waals surface area contributed by atoms with E-state index in [4.69, 9.17) is 13.2 Å². The van der Waals surface area contributed by atoms with E-state index in [2.05, 4.69) is 76.7 Å². The molecule has 6 heteroatoms. The van der Waals surface area contributed by atoms with Crippen molar-refractivity contribution >= 4 is 0 Å². The number of hydrogen-bond donors (Lipinski definition) is 0. The van der Waals surface area contributed by atoms with E-state index in [9.17, 15) is 13.2 Å². The molecule has 0 spiro atoms. The van der Waals surface area contributed by atoms with Crippen molar-refractivity contribution < 1.29 is 21.4 Å². The molecule has 10 aromatic rings. The Bertz CT molecular complexity index is 3510. The summed E-state index contributed by atoms with van der Waals surface area (Å²) in [5, 5.41) is 0. The first-order valence-corrected chi connectivity index (χ1v) is 22.8. The summed E-state index contributed by atoms with van der Waals surface area (Å²) in [6.45, 7) is -4.92. The molecule has 0 amide bonds. The van der Waals surface area contributed by atoms with Crippen LogP contribution in [0, 0.1) is 31.2 Å². The van der Waals surface area contributed by atoms with Gasteiger partial charge in [0.2, 0.25) is 0 Å². The van der Waals surface area contributed by atoms with Gasteiger partial charge in [0.15, 0.2) is 0 Å². The first-order valence-electron chi connectivity index (χ1n) is 25.8. The molecule has 3 heterocycles. The molecule has 0 saturated heterocycles. The molecule has 0 aliphatic carbocycles. The Morgan fingerprint density at radius 1 is 0.333 bits per heavy atom. The number of aromatic nitrogens is 3. The predicted molar refractivity (Wildman–Crippen MR) is 275 cm³/mol. The van der Waals surface area contributed by atoms with Gasteiger partial charge in [0.25, 0.3) is 0 Å². The van der Waals surface area contributed by atoms with Crippen molar-refractivity contribution in [1.82, 2.24) is 15.0 Å². The van der Waals surface area contributed by atoms with Crippen LogP contribution in [0.4, 0.5) is 13.2 Å². The van der Waals surface area contributed by atoms with Crippen molar-refractivity contribution in [3.63, 3.8) is 0 Å². The monoisotopic (exact) mass is 909 g/mol. The van der Waals surface area contributed by atoms with Crippen LogP contribution in [-0.4, -0.2) is 15.0 Å². The van der Waals surface area contributed by atoms with Crippen LogP contribution in [0.2, 0.25) is 0 Å². The van der Waals surface area contributed by atoms with Gasteiger partial charge in [-0.25, -0.2) is 13.2 Å². The molecule has 7 aromatic carbocycles. The van der Waals surface area contributed by atoms with Crippen LogP contribution in [0.5, 0.6) is 0 Å². The summed E-state index contributed by atoms with van der Waals surface area (Å²) < 4.78 is 92.9. The maximum Gasteiger partial charge on any atom is 0.123 e. The lowest BCUT2D eigenvalue weighted by molar-refractivity contribution is 0.627. The second kappa shape index (κ2) is 19.9. The lowest BCUT2D eigenvalue weighted by Gasteiger charge is -2.18. The third kappa shape index (κ3) is 10.2. The number of rotatable bonds is 13. The molecule has 0 atom stereocenters. The minimum Gasteiger partial charge on any atom is -0.256 e. The normalized spacial score (nSPS) is 12.9. The van der Waals surface area contributed by atoms with E-state index in [-0.39, 0.29) is 16.9 Å². The number of pyridine rings is 3. The maximum absolute atomic E-state index is 14.1. The number of hydrogen-bond acceptors (Lipinski definition) is 3. The smallest absolute Gasteiger partial charge is 0.123 e. The largest absolute Gasteiger partial charge is 0.256 e. The molecule has 10 rings (SSSR count). The zero-order chi connectivity index (χ0) is 52.3. The number of aryl methyl sites for hydroxylation is 6. The molecule has 0 aliphatic heterocycles. The zero-order valence-corrected chi connectivity index (χ0v) is 37.4. The lowest BCUT2D eigenvalue weighted by atomic mass is 9.87. The molecular formula is C63H48F3N3. The van der Waals surface area contributed by atoms with Crippen molar-refractivity contribution in [1.29, 1.82) is 0 Å². The van der Waals surface area contributed by atoms with Crippen LogP contribution < -0.4 is 0 Å². The summed E-state index contributed by atoms with van der Waals surface area (Å²) in [5.41, 5.74) is 14.3. The van der Waals surface area contributed by atoms with Gasteiger partial charge in [0.1, 0.15) is 17.5 Å². The SMILES string of the molecule is [2H]C([2H])([2H])c1cc(-c2ccc(F)cc2)ncc1CCc1cc(CCc2cnc(-c3ccc(F)cc3)cc2C([2H])([2H])[2H])cc(-c2ccccc2-c2cnc(-c3ccc(F)cc3)cc2-c2ccc(-c3ccccc3)cc2)c1. The second-order valence-corrected chi connectivity index (χ2v) is 17.1. The Kier molecular flexibility index (Phi) is 10.9. The van der Waals surface area contributed by atoms with Gasteiger partial charge in [-0.15, -0.1) is 0 Å². The Morgan fingerprint density at radius 3 is 1.26 bits per heavy atom. The minimum absolute atomic E-state index is 0.160. The summed E-state index contributed by atoms with van der Waals surface area (Å²) in [7, 11) is 0. The molecule has 0 aliphatic rings. The number of benzene rings is 7. The first-order chi connectivity index (χ1) is 36.1. The maximum atomic E-state index is 14.1. The third-order valence-corrected chi connectivity index (χ3v) is 12.5. The molecule has 0 bridgehead atoms. The highest BCUT2D eigenvalue weighted by Crippen LogP contribution is 2.41. The van der Waals surface area contributed by atoms with Gasteiger partial charge >= 0.3 is 0 Å². The van der Waals surface area contributed by atoms with Crippen molar-refractivity contribution in [2.75, 3.05) is 0 Å². The van der Waals surface area contributed by atoms with E-state index in [1.54, 1.807) is 60.9 Å². The fraction of sp³-hybridized carbons (Fsp3) is 0.0952. The highest BCUT2D eigenvalue weighted by Gasteiger charge is 2.17. The quantitative estimate of drug-likeness (QED) is 0.116. The lowest BCUT2D eigenvalue weighted by Crippen LogP contribution is -2.01. The molecule has 0 saturated carbocycles. The Labute approximate surface area is 410 Å². The summed E-state index contributed by atoms with van der Waals surface area (Å²) in [6.07, 6.45) is 6.60.